The van der Waals surface area contributed by atoms with Gasteiger partial charge in [-0.3, -0.25) is 14.5 Å². The van der Waals surface area contributed by atoms with Crippen molar-refractivity contribution < 1.29 is 14.4 Å². The van der Waals surface area contributed by atoms with Gasteiger partial charge in [0.2, 0.25) is 5.91 Å². The first-order valence-electron chi connectivity index (χ1n) is 9.79. The lowest BCUT2D eigenvalue weighted by Crippen LogP contribution is -2.44. The highest BCUT2D eigenvalue weighted by Crippen LogP contribution is 2.28. The fraction of sp³-hybridized carbons (Fsp3) is 0.571. The Hall–Kier alpha value is -2.37. The zero-order valence-electron chi connectivity index (χ0n) is 16.8. The van der Waals surface area contributed by atoms with Crippen LogP contribution < -0.4 is 10.6 Å². The first kappa shape index (κ1) is 20.9. The summed E-state index contributed by atoms with van der Waals surface area (Å²) in [6, 6.07) is 6.93. The molecule has 2 rings (SSSR count). The van der Waals surface area contributed by atoms with Crippen molar-refractivity contribution in [1.82, 2.24) is 15.5 Å². The fourth-order valence-electron chi connectivity index (χ4n) is 3.32. The molecule has 1 aliphatic heterocycles. The molecule has 0 aliphatic carbocycles. The maximum absolute atomic E-state index is 12.9. The van der Waals surface area contributed by atoms with E-state index in [-0.39, 0.29) is 12.5 Å². The van der Waals surface area contributed by atoms with Gasteiger partial charge in [-0.1, -0.05) is 62.9 Å². The maximum atomic E-state index is 12.9. The van der Waals surface area contributed by atoms with Crippen molar-refractivity contribution in [1.29, 1.82) is 0 Å². The second-order valence-electron chi connectivity index (χ2n) is 7.53. The van der Waals surface area contributed by atoms with Crippen LogP contribution in [0.25, 0.3) is 0 Å². The van der Waals surface area contributed by atoms with Gasteiger partial charge in [-0.05, 0) is 31.7 Å². The number of rotatable bonds is 9. The highest BCUT2D eigenvalue weighted by Gasteiger charge is 2.49. The van der Waals surface area contributed by atoms with E-state index in [2.05, 4.69) is 24.5 Å². The number of carbonyl (C=O) groups is 3. The summed E-state index contributed by atoms with van der Waals surface area (Å²) >= 11 is 0. The Kier molecular flexibility index (Phi) is 6.99. The molecule has 0 radical (unpaired) electrons. The molecule has 27 heavy (non-hydrogen) atoms. The summed E-state index contributed by atoms with van der Waals surface area (Å²) in [4.78, 5) is 38.5. The molecular formula is C21H31N3O3. The topological polar surface area (TPSA) is 78.5 Å². The molecule has 6 heteroatoms. The average molecular weight is 373 g/mol. The molecule has 0 saturated carbocycles. The second kappa shape index (κ2) is 9.02. The number of imide groups is 1. The van der Waals surface area contributed by atoms with Gasteiger partial charge >= 0.3 is 6.03 Å². The molecule has 1 aromatic rings. The summed E-state index contributed by atoms with van der Waals surface area (Å²) in [5, 5.41) is 5.60. The van der Waals surface area contributed by atoms with E-state index in [9.17, 15) is 14.4 Å². The van der Waals surface area contributed by atoms with Crippen molar-refractivity contribution in [2.45, 2.75) is 58.9 Å². The van der Waals surface area contributed by atoms with Crippen LogP contribution in [0.15, 0.2) is 24.3 Å². The highest BCUT2D eigenvalue weighted by molar-refractivity contribution is 6.09. The third kappa shape index (κ3) is 4.87. The summed E-state index contributed by atoms with van der Waals surface area (Å²) in [5.41, 5.74) is 0.641. The van der Waals surface area contributed by atoms with Crippen LogP contribution >= 0.6 is 0 Å². The molecule has 148 valence electrons. The molecule has 0 bridgehead atoms. The van der Waals surface area contributed by atoms with Crippen LogP contribution in [0.5, 0.6) is 0 Å². The normalized spacial score (nSPS) is 20.5. The number of urea groups is 1. The Morgan fingerprint density at radius 3 is 2.48 bits per heavy atom. The molecular weight excluding hydrogens is 342 g/mol. The Labute approximate surface area is 161 Å². The number of hydrogen-bond donors (Lipinski definition) is 2. The quantitative estimate of drug-likeness (QED) is 0.653. The number of nitrogens with one attached hydrogen (secondary N) is 2. The van der Waals surface area contributed by atoms with Crippen molar-refractivity contribution in [3.63, 3.8) is 0 Å². The minimum absolute atomic E-state index is 0.254. The van der Waals surface area contributed by atoms with Crippen LogP contribution in [0.3, 0.4) is 0 Å². The van der Waals surface area contributed by atoms with Crippen LogP contribution in [0.4, 0.5) is 4.79 Å². The lowest BCUT2D eigenvalue weighted by Gasteiger charge is -2.22. The minimum atomic E-state index is -1.14. The summed E-state index contributed by atoms with van der Waals surface area (Å²) in [7, 11) is 0. The Morgan fingerprint density at radius 2 is 1.89 bits per heavy atom. The van der Waals surface area contributed by atoms with Gasteiger partial charge in [0.15, 0.2) is 0 Å². The van der Waals surface area contributed by atoms with Gasteiger partial charge < -0.3 is 10.6 Å². The van der Waals surface area contributed by atoms with E-state index in [0.29, 0.717) is 18.0 Å². The number of amides is 4. The number of nitrogens with zero attached hydrogens (tertiary/aromatic N) is 1. The monoisotopic (exact) mass is 373 g/mol. The largest absolute Gasteiger partial charge is 0.354 e. The first-order chi connectivity index (χ1) is 12.8. The molecule has 6 nitrogen and oxygen atoms in total. The number of hydrogen-bond acceptors (Lipinski definition) is 3. The van der Waals surface area contributed by atoms with Crippen molar-refractivity contribution in [2.24, 2.45) is 5.92 Å². The summed E-state index contributed by atoms with van der Waals surface area (Å²) in [6.07, 6.45) is 4.33. The molecule has 2 unspecified atom stereocenters. The van der Waals surface area contributed by atoms with Gasteiger partial charge in [0.05, 0.1) is 0 Å². The Morgan fingerprint density at radius 1 is 1.22 bits per heavy atom. The van der Waals surface area contributed by atoms with E-state index in [1.54, 1.807) is 6.92 Å². The predicted molar refractivity (Wildman–Crippen MR) is 105 cm³/mol. The van der Waals surface area contributed by atoms with Crippen molar-refractivity contribution in [2.75, 3.05) is 13.1 Å². The van der Waals surface area contributed by atoms with Crippen LogP contribution in [-0.4, -0.2) is 35.8 Å². The first-order valence-corrected chi connectivity index (χ1v) is 9.79. The van der Waals surface area contributed by atoms with Crippen molar-refractivity contribution in [3.8, 4) is 0 Å². The Bertz CT molecular complexity index is 686. The summed E-state index contributed by atoms with van der Waals surface area (Å²) in [5.74, 6) is -0.277. The molecule has 2 atom stereocenters. The standard InChI is InChI=1S/C21H31N3O3/c1-5-7-8-16(6-2)13-22-18(25)14-24-19(26)21(4,23-20(24)27)17-11-9-15(3)10-12-17/h9-12,16H,5-8,13-14H2,1-4H3,(H,22,25)(H,23,27). The lowest BCUT2D eigenvalue weighted by atomic mass is 9.91. The number of unbranched alkanes of at least 4 members (excludes halogenated alkanes) is 1. The van der Waals surface area contributed by atoms with Crippen molar-refractivity contribution in [3.05, 3.63) is 35.4 Å². The van der Waals surface area contributed by atoms with Gasteiger partial charge in [-0.15, -0.1) is 0 Å². The van der Waals surface area contributed by atoms with E-state index in [1.807, 2.05) is 31.2 Å². The fourth-order valence-corrected chi connectivity index (χ4v) is 3.32. The molecule has 1 aromatic carbocycles. The molecule has 1 aliphatic rings. The van der Waals surface area contributed by atoms with Gasteiger partial charge in [0.1, 0.15) is 12.1 Å². The molecule has 1 heterocycles. The minimum Gasteiger partial charge on any atom is -0.354 e. The molecule has 1 saturated heterocycles. The third-order valence-corrected chi connectivity index (χ3v) is 5.34. The SMILES string of the molecule is CCCCC(CC)CNC(=O)CN1C(=O)NC(C)(c2ccc(C)cc2)C1=O. The van der Waals surface area contributed by atoms with Crippen LogP contribution in [0.1, 0.15) is 57.6 Å². The third-order valence-electron chi connectivity index (χ3n) is 5.34. The van der Waals surface area contributed by atoms with E-state index in [0.717, 1.165) is 36.1 Å². The Balaban J connectivity index is 1.98. The van der Waals surface area contributed by atoms with Gasteiger partial charge in [0, 0.05) is 6.54 Å². The molecule has 1 fully saturated rings. The zero-order chi connectivity index (χ0) is 20.0. The average Bonchev–Trinajstić information content (AvgIpc) is 2.86. The number of aryl methyl sites for hydroxylation is 1. The van der Waals surface area contributed by atoms with Crippen LogP contribution in [0.2, 0.25) is 0 Å². The summed E-state index contributed by atoms with van der Waals surface area (Å²) < 4.78 is 0. The molecule has 0 spiro atoms. The smallest absolute Gasteiger partial charge is 0.325 e. The lowest BCUT2D eigenvalue weighted by molar-refractivity contribution is -0.134. The highest BCUT2D eigenvalue weighted by atomic mass is 16.2. The van der Waals surface area contributed by atoms with Gasteiger partial charge in [-0.2, -0.15) is 0 Å². The molecule has 0 aromatic heterocycles. The number of carbonyl (C=O) groups excluding carboxylic acids is 3. The van der Waals surface area contributed by atoms with E-state index in [4.69, 9.17) is 0 Å². The van der Waals surface area contributed by atoms with E-state index < -0.39 is 17.5 Å². The van der Waals surface area contributed by atoms with Gasteiger partial charge in [0.25, 0.3) is 5.91 Å². The summed E-state index contributed by atoms with van der Waals surface area (Å²) in [6.45, 7) is 8.21. The molecule has 4 amide bonds. The van der Waals surface area contributed by atoms with Gasteiger partial charge in [-0.25, -0.2) is 4.79 Å². The van der Waals surface area contributed by atoms with E-state index >= 15 is 0 Å². The van der Waals surface area contributed by atoms with Crippen molar-refractivity contribution >= 4 is 17.8 Å². The zero-order valence-corrected chi connectivity index (χ0v) is 16.8. The predicted octanol–water partition coefficient (Wildman–Crippen LogP) is 3.09. The maximum Gasteiger partial charge on any atom is 0.325 e. The van der Waals surface area contributed by atoms with Crippen LogP contribution in [-0.2, 0) is 15.1 Å². The molecule has 2 N–H and O–H groups in total. The van der Waals surface area contributed by atoms with Crippen LogP contribution in [0, 0.1) is 12.8 Å². The number of benzene rings is 1. The second-order valence-corrected chi connectivity index (χ2v) is 7.53. The van der Waals surface area contributed by atoms with E-state index in [1.165, 1.54) is 0 Å².